The topological polar surface area (TPSA) is 88.4 Å². The number of amides is 1. The van der Waals surface area contributed by atoms with Crippen molar-refractivity contribution in [2.24, 2.45) is 0 Å². The molecule has 1 aliphatic heterocycles. The third-order valence-corrected chi connectivity index (χ3v) is 4.39. The van der Waals surface area contributed by atoms with Crippen LogP contribution in [0.15, 0.2) is 30.7 Å². The Kier molecular flexibility index (Phi) is 5.67. The van der Waals surface area contributed by atoms with E-state index in [4.69, 9.17) is 4.74 Å². The van der Waals surface area contributed by atoms with Gasteiger partial charge in [-0.25, -0.2) is 4.98 Å². The fourth-order valence-corrected chi connectivity index (χ4v) is 3.00. The average molecular weight is 359 g/mol. The zero-order valence-corrected chi connectivity index (χ0v) is 15.4. The van der Waals surface area contributed by atoms with Gasteiger partial charge in [0.1, 0.15) is 5.82 Å². The van der Waals surface area contributed by atoms with E-state index in [9.17, 15) is 4.79 Å². The number of hydrogen-bond acceptors (Lipinski definition) is 7. The van der Waals surface area contributed by atoms with Crippen LogP contribution in [-0.2, 0) is 16.1 Å². The summed E-state index contributed by atoms with van der Waals surface area (Å²) in [5.41, 5.74) is 0. The molecule has 9 nitrogen and oxygen atoms in total. The third-order valence-electron chi connectivity index (χ3n) is 4.39. The molecule has 1 N–H and O–H groups in total. The van der Waals surface area contributed by atoms with E-state index >= 15 is 0 Å². The predicted octanol–water partition coefficient (Wildman–Crippen LogP) is 0.149. The first-order valence-corrected chi connectivity index (χ1v) is 8.61. The molecule has 1 aliphatic rings. The molecule has 0 aliphatic carbocycles. The van der Waals surface area contributed by atoms with Crippen molar-refractivity contribution in [1.29, 1.82) is 0 Å². The van der Waals surface area contributed by atoms with Crippen molar-refractivity contribution in [1.82, 2.24) is 25.1 Å². The molecule has 26 heavy (non-hydrogen) atoms. The van der Waals surface area contributed by atoms with Crippen molar-refractivity contribution >= 4 is 17.7 Å². The quantitative estimate of drug-likeness (QED) is 0.753. The minimum Gasteiger partial charge on any atom is -0.377 e. The van der Waals surface area contributed by atoms with E-state index < -0.39 is 0 Å². The van der Waals surface area contributed by atoms with Crippen molar-refractivity contribution in [3.05, 3.63) is 30.7 Å². The van der Waals surface area contributed by atoms with Gasteiger partial charge in [-0.1, -0.05) is 0 Å². The Morgan fingerprint density at radius 1 is 1.38 bits per heavy atom. The molecule has 3 heterocycles. The summed E-state index contributed by atoms with van der Waals surface area (Å²) in [4.78, 5) is 25.1. The van der Waals surface area contributed by atoms with Crippen molar-refractivity contribution in [3.8, 4) is 0 Å². The zero-order valence-electron chi connectivity index (χ0n) is 15.4. The summed E-state index contributed by atoms with van der Waals surface area (Å²) >= 11 is 0. The van der Waals surface area contributed by atoms with Gasteiger partial charge >= 0.3 is 0 Å². The number of ether oxygens (including phenoxy) is 1. The molecule has 140 valence electrons. The van der Waals surface area contributed by atoms with Gasteiger partial charge in [0, 0.05) is 65.9 Å². The minimum absolute atomic E-state index is 0.00827. The first kappa shape index (κ1) is 18.1. The number of carbonyl (C=O) groups is 1. The summed E-state index contributed by atoms with van der Waals surface area (Å²) < 4.78 is 7.32. The molecular weight excluding hydrogens is 334 g/mol. The lowest BCUT2D eigenvalue weighted by Crippen LogP contribution is -2.43. The van der Waals surface area contributed by atoms with Crippen LogP contribution < -0.4 is 15.1 Å². The first-order valence-electron chi connectivity index (χ1n) is 8.61. The highest BCUT2D eigenvalue weighted by Crippen LogP contribution is 2.21. The number of nitrogens with one attached hydrogen (secondary N) is 1. The summed E-state index contributed by atoms with van der Waals surface area (Å²) in [6.45, 7) is 1.88. The highest BCUT2D eigenvalue weighted by Gasteiger charge is 2.34. The Morgan fingerprint density at radius 2 is 2.23 bits per heavy atom. The SMILES string of the molecule is CO[C@@H]1CN(c2ccnc(N(C)C)n2)C[C@@H]1NC(=O)CCn1cccn1. The first-order chi connectivity index (χ1) is 12.6. The van der Waals surface area contributed by atoms with Crippen LogP contribution in [0, 0.1) is 0 Å². The largest absolute Gasteiger partial charge is 0.377 e. The van der Waals surface area contributed by atoms with Crippen LogP contribution in [0.4, 0.5) is 11.8 Å². The molecule has 0 radical (unpaired) electrons. The van der Waals surface area contributed by atoms with Crippen molar-refractivity contribution in [2.45, 2.75) is 25.1 Å². The van der Waals surface area contributed by atoms with Gasteiger partial charge in [0.25, 0.3) is 0 Å². The number of anilines is 2. The lowest BCUT2D eigenvalue weighted by Gasteiger charge is -2.19. The number of aromatic nitrogens is 4. The highest BCUT2D eigenvalue weighted by atomic mass is 16.5. The molecule has 1 amide bonds. The smallest absolute Gasteiger partial charge is 0.226 e. The monoisotopic (exact) mass is 359 g/mol. The highest BCUT2D eigenvalue weighted by molar-refractivity contribution is 5.76. The molecule has 1 fully saturated rings. The van der Waals surface area contributed by atoms with E-state index in [2.05, 4.69) is 25.3 Å². The fraction of sp³-hybridized carbons (Fsp3) is 0.529. The molecule has 1 saturated heterocycles. The second-order valence-electron chi connectivity index (χ2n) is 6.48. The van der Waals surface area contributed by atoms with Crippen LogP contribution in [0.25, 0.3) is 0 Å². The molecular formula is C17H25N7O2. The number of methoxy groups -OCH3 is 1. The van der Waals surface area contributed by atoms with Crippen LogP contribution in [0.1, 0.15) is 6.42 Å². The number of hydrogen-bond donors (Lipinski definition) is 1. The minimum atomic E-state index is -0.0820. The second-order valence-corrected chi connectivity index (χ2v) is 6.48. The summed E-state index contributed by atoms with van der Waals surface area (Å²) in [5.74, 6) is 1.48. The van der Waals surface area contributed by atoms with Gasteiger partial charge in [-0.3, -0.25) is 9.48 Å². The lowest BCUT2D eigenvalue weighted by atomic mass is 10.2. The zero-order chi connectivity index (χ0) is 18.5. The summed E-state index contributed by atoms with van der Waals surface area (Å²) in [6.07, 6.45) is 5.60. The summed E-state index contributed by atoms with van der Waals surface area (Å²) in [6, 6.07) is 3.64. The number of nitrogens with zero attached hydrogens (tertiary/aromatic N) is 6. The van der Waals surface area contributed by atoms with Gasteiger partial charge in [0.15, 0.2) is 0 Å². The summed E-state index contributed by atoms with van der Waals surface area (Å²) in [5, 5.41) is 7.19. The molecule has 3 rings (SSSR count). The van der Waals surface area contributed by atoms with E-state index in [1.165, 1.54) is 0 Å². The number of carbonyl (C=O) groups excluding carboxylic acids is 1. The summed E-state index contributed by atoms with van der Waals surface area (Å²) in [7, 11) is 5.48. The van der Waals surface area contributed by atoms with Crippen LogP contribution in [-0.4, -0.2) is 72.1 Å². The number of aryl methyl sites for hydroxylation is 1. The Morgan fingerprint density at radius 3 is 2.92 bits per heavy atom. The number of rotatable bonds is 7. The molecule has 0 saturated carbocycles. The van der Waals surface area contributed by atoms with Gasteiger partial charge in [0.05, 0.1) is 12.1 Å². The molecule has 2 aromatic rings. The van der Waals surface area contributed by atoms with Gasteiger partial charge in [-0.2, -0.15) is 10.1 Å². The van der Waals surface area contributed by atoms with Crippen molar-refractivity contribution < 1.29 is 9.53 Å². The van der Waals surface area contributed by atoms with Crippen LogP contribution in [0.3, 0.4) is 0 Å². The van der Waals surface area contributed by atoms with Gasteiger partial charge < -0.3 is 19.9 Å². The predicted molar refractivity (Wildman–Crippen MR) is 98.1 cm³/mol. The van der Waals surface area contributed by atoms with Gasteiger partial charge in [-0.05, 0) is 12.1 Å². The molecule has 9 heteroatoms. The molecule has 2 atom stereocenters. The van der Waals surface area contributed by atoms with Crippen LogP contribution in [0.5, 0.6) is 0 Å². The van der Waals surface area contributed by atoms with E-state index in [0.717, 1.165) is 5.82 Å². The van der Waals surface area contributed by atoms with Crippen LogP contribution in [0.2, 0.25) is 0 Å². The maximum Gasteiger partial charge on any atom is 0.226 e. The molecule has 0 spiro atoms. The van der Waals surface area contributed by atoms with Crippen molar-refractivity contribution in [3.63, 3.8) is 0 Å². The molecule has 2 aromatic heterocycles. The molecule has 0 bridgehead atoms. The Labute approximate surface area is 153 Å². The molecule has 0 aromatic carbocycles. The average Bonchev–Trinajstić information content (AvgIpc) is 3.29. The van der Waals surface area contributed by atoms with E-state index in [1.807, 2.05) is 37.3 Å². The lowest BCUT2D eigenvalue weighted by molar-refractivity contribution is -0.122. The van der Waals surface area contributed by atoms with Gasteiger partial charge in [0.2, 0.25) is 11.9 Å². The standard InChI is InChI=1S/C17H25N7O2/c1-22(2)17-18-8-5-15(21-17)23-11-13(14(12-23)26-3)20-16(25)6-10-24-9-4-7-19-24/h4-5,7-9,13-14H,6,10-12H2,1-3H3,(H,20,25)/t13-,14+/m0/s1. The van der Waals surface area contributed by atoms with E-state index in [0.29, 0.717) is 32.0 Å². The van der Waals surface area contributed by atoms with Crippen LogP contribution >= 0.6 is 0 Å². The van der Waals surface area contributed by atoms with E-state index in [-0.39, 0.29) is 18.1 Å². The third kappa shape index (κ3) is 4.29. The van der Waals surface area contributed by atoms with Gasteiger partial charge in [-0.15, -0.1) is 0 Å². The Balaban J connectivity index is 1.59. The van der Waals surface area contributed by atoms with Crippen molar-refractivity contribution in [2.75, 3.05) is 44.1 Å². The second kappa shape index (κ2) is 8.13. The van der Waals surface area contributed by atoms with E-state index in [1.54, 1.807) is 24.2 Å². The normalized spacial score (nSPS) is 19.6. The Hall–Kier alpha value is -2.68. The molecule has 0 unspecified atom stereocenters. The Bertz CT molecular complexity index is 720. The fourth-order valence-electron chi connectivity index (χ4n) is 3.00. The maximum atomic E-state index is 12.3. The maximum absolute atomic E-state index is 12.3.